The molecule has 0 saturated heterocycles. The van der Waals surface area contributed by atoms with E-state index >= 15 is 0 Å². The first-order valence-electron chi connectivity index (χ1n) is 3.79. The third-order valence-corrected chi connectivity index (χ3v) is 3.94. The van der Waals surface area contributed by atoms with Gasteiger partial charge >= 0.3 is 0 Å². The lowest BCUT2D eigenvalue weighted by Gasteiger charge is -2.01. The molecule has 2 nitrogen and oxygen atoms in total. The minimum Gasteiger partial charge on any atom is -0.398 e. The number of nitrogen functional groups attached to an aromatic ring is 1. The molecule has 0 aliphatic heterocycles. The van der Waals surface area contributed by atoms with E-state index in [4.69, 9.17) is 10.8 Å². The van der Waals surface area contributed by atoms with Crippen LogP contribution in [0.15, 0.2) is 22.0 Å². The summed E-state index contributed by atoms with van der Waals surface area (Å²) in [6.45, 7) is 0.0593. The molecule has 0 radical (unpaired) electrons. The van der Waals surface area contributed by atoms with Gasteiger partial charge in [0.2, 0.25) is 0 Å². The summed E-state index contributed by atoms with van der Waals surface area (Å²) < 4.78 is 2.06. The van der Waals surface area contributed by atoms with Gasteiger partial charge in [0, 0.05) is 25.6 Å². The van der Waals surface area contributed by atoms with Gasteiger partial charge in [-0.3, -0.25) is 0 Å². The van der Waals surface area contributed by atoms with Gasteiger partial charge in [0.1, 0.15) is 0 Å². The second-order valence-corrected chi connectivity index (χ2v) is 4.49. The maximum Gasteiger partial charge on any atom is 0.0695 e. The van der Waals surface area contributed by atoms with E-state index in [9.17, 15) is 0 Å². The molecule has 0 bridgehead atoms. The van der Waals surface area contributed by atoms with Crippen molar-refractivity contribution in [3.63, 3.8) is 0 Å². The van der Waals surface area contributed by atoms with Crippen LogP contribution in [0.25, 0.3) is 10.1 Å². The van der Waals surface area contributed by atoms with E-state index in [1.54, 1.807) is 11.3 Å². The Bertz CT molecular complexity index is 452. The molecule has 13 heavy (non-hydrogen) atoms. The number of aliphatic hydroxyl groups is 1. The summed E-state index contributed by atoms with van der Waals surface area (Å²) in [5, 5.41) is 12.1. The number of thiophene rings is 1. The van der Waals surface area contributed by atoms with Crippen LogP contribution in [-0.2, 0) is 6.61 Å². The first kappa shape index (κ1) is 8.99. The van der Waals surface area contributed by atoms with Gasteiger partial charge in [-0.2, -0.15) is 0 Å². The van der Waals surface area contributed by atoms with E-state index in [1.165, 1.54) is 0 Å². The van der Waals surface area contributed by atoms with Crippen molar-refractivity contribution in [3.8, 4) is 0 Å². The molecule has 0 amide bonds. The molecule has 0 fully saturated rings. The molecule has 0 saturated carbocycles. The summed E-state index contributed by atoms with van der Waals surface area (Å²) in [6.07, 6.45) is 0. The van der Waals surface area contributed by atoms with E-state index in [-0.39, 0.29) is 6.61 Å². The zero-order valence-electron chi connectivity index (χ0n) is 6.75. The number of halogens is 1. The molecule has 0 aliphatic rings. The van der Waals surface area contributed by atoms with Crippen molar-refractivity contribution in [2.45, 2.75) is 6.61 Å². The second kappa shape index (κ2) is 3.29. The number of benzene rings is 1. The summed E-state index contributed by atoms with van der Waals surface area (Å²) in [5.41, 5.74) is 7.50. The molecule has 1 aromatic carbocycles. The van der Waals surface area contributed by atoms with Crippen molar-refractivity contribution in [1.82, 2.24) is 0 Å². The fraction of sp³-hybridized carbons (Fsp3) is 0.111. The maximum atomic E-state index is 9.09. The molecule has 1 aromatic heterocycles. The van der Waals surface area contributed by atoms with E-state index in [0.29, 0.717) is 0 Å². The van der Waals surface area contributed by atoms with E-state index in [0.717, 1.165) is 25.8 Å². The number of aliphatic hydroxyl groups excluding tert-OH is 1. The summed E-state index contributed by atoms with van der Waals surface area (Å²) >= 11 is 5.02. The van der Waals surface area contributed by atoms with Gasteiger partial charge in [-0.15, -0.1) is 11.3 Å². The number of hydrogen-bond acceptors (Lipinski definition) is 3. The molecule has 1 heterocycles. The quantitative estimate of drug-likeness (QED) is 0.772. The van der Waals surface area contributed by atoms with E-state index in [2.05, 4.69) is 15.9 Å². The van der Waals surface area contributed by atoms with Crippen molar-refractivity contribution in [1.29, 1.82) is 0 Å². The lowest BCUT2D eigenvalue weighted by atomic mass is 10.1. The molecule has 0 spiro atoms. The van der Waals surface area contributed by atoms with Crippen LogP contribution in [0.3, 0.4) is 0 Å². The smallest absolute Gasteiger partial charge is 0.0695 e. The Morgan fingerprint density at radius 3 is 2.92 bits per heavy atom. The van der Waals surface area contributed by atoms with Crippen molar-refractivity contribution in [2.24, 2.45) is 0 Å². The van der Waals surface area contributed by atoms with Crippen LogP contribution in [0.5, 0.6) is 0 Å². The van der Waals surface area contributed by atoms with Gasteiger partial charge in [0.15, 0.2) is 0 Å². The van der Waals surface area contributed by atoms with Crippen LogP contribution in [0.1, 0.15) is 5.56 Å². The molecule has 0 unspecified atom stereocenters. The van der Waals surface area contributed by atoms with Crippen molar-refractivity contribution in [3.05, 3.63) is 27.5 Å². The fourth-order valence-corrected chi connectivity index (χ4v) is 3.12. The molecule has 0 atom stereocenters. The van der Waals surface area contributed by atoms with E-state index < -0.39 is 0 Å². The molecule has 68 valence electrons. The van der Waals surface area contributed by atoms with Crippen molar-refractivity contribution >= 4 is 43.0 Å². The van der Waals surface area contributed by atoms with Crippen LogP contribution in [0.4, 0.5) is 5.69 Å². The zero-order valence-corrected chi connectivity index (χ0v) is 9.15. The Morgan fingerprint density at radius 2 is 2.23 bits per heavy atom. The van der Waals surface area contributed by atoms with Crippen molar-refractivity contribution < 1.29 is 5.11 Å². The van der Waals surface area contributed by atoms with Crippen LogP contribution in [0.2, 0.25) is 0 Å². The fourth-order valence-electron chi connectivity index (χ4n) is 1.32. The van der Waals surface area contributed by atoms with E-state index in [1.807, 2.05) is 17.5 Å². The van der Waals surface area contributed by atoms with Crippen LogP contribution in [-0.4, -0.2) is 5.11 Å². The summed E-state index contributed by atoms with van der Waals surface area (Å²) in [7, 11) is 0. The van der Waals surface area contributed by atoms with Crippen LogP contribution < -0.4 is 5.73 Å². The molecule has 2 aromatic rings. The van der Waals surface area contributed by atoms with Gasteiger partial charge in [-0.25, -0.2) is 0 Å². The van der Waals surface area contributed by atoms with Gasteiger partial charge in [0.05, 0.1) is 6.61 Å². The molecule has 3 N–H and O–H groups in total. The highest BCUT2D eigenvalue weighted by molar-refractivity contribution is 9.10. The molecule has 4 heteroatoms. The molecular weight excluding hydrogens is 250 g/mol. The normalized spacial score (nSPS) is 10.9. The second-order valence-electron chi connectivity index (χ2n) is 2.76. The number of fused-ring (bicyclic) bond motifs is 1. The lowest BCUT2D eigenvalue weighted by Crippen LogP contribution is -1.89. The summed E-state index contributed by atoms with van der Waals surface area (Å²) in [5.74, 6) is 0. The van der Waals surface area contributed by atoms with Gasteiger partial charge in [-0.1, -0.05) is 6.07 Å². The van der Waals surface area contributed by atoms with Gasteiger partial charge in [0.25, 0.3) is 0 Å². The lowest BCUT2D eigenvalue weighted by molar-refractivity contribution is 0.283. The Kier molecular flexibility index (Phi) is 2.27. The third-order valence-electron chi connectivity index (χ3n) is 1.96. The summed E-state index contributed by atoms with van der Waals surface area (Å²) in [4.78, 5) is 0. The van der Waals surface area contributed by atoms with Gasteiger partial charge < -0.3 is 10.8 Å². The molecule has 2 rings (SSSR count). The minimum absolute atomic E-state index is 0.0593. The third kappa shape index (κ3) is 1.35. The highest BCUT2D eigenvalue weighted by atomic mass is 79.9. The number of rotatable bonds is 1. The SMILES string of the molecule is Nc1ccc(CO)c2scc(Br)c12. The number of anilines is 1. The monoisotopic (exact) mass is 257 g/mol. The topological polar surface area (TPSA) is 46.2 Å². The number of hydrogen-bond donors (Lipinski definition) is 2. The van der Waals surface area contributed by atoms with Crippen LogP contribution >= 0.6 is 27.3 Å². The largest absolute Gasteiger partial charge is 0.398 e. The average Bonchev–Trinajstić information content (AvgIpc) is 2.50. The first-order valence-corrected chi connectivity index (χ1v) is 5.46. The zero-order chi connectivity index (χ0) is 9.42. The Labute approximate surface area is 88.1 Å². The van der Waals surface area contributed by atoms with Crippen molar-refractivity contribution in [2.75, 3.05) is 5.73 Å². The van der Waals surface area contributed by atoms with Crippen LogP contribution in [0, 0.1) is 0 Å². The van der Waals surface area contributed by atoms with Gasteiger partial charge in [-0.05, 0) is 27.6 Å². The first-order chi connectivity index (χ1) is 6.24. The Hall–Kier alpha value is -0.580. The minimum atomic E-state index is 0.0593. The molecule has 0 aliphatic carbocycles. The molecular formula is C9H8BrNOS. The highest BCUT2D eigenvalue weighted by Gasteiger charge is 2.08. The maximum absolute atomic E-state index is 9.09. The highest BCUT2D eigenvalue weighted by Crippen LogP contribution is 2.36. The predicted molar refractivity (Wildman–Crippen MR) is 59.9 cm³/mol. The Morgan fingerprint density at radius 1 is 1.46 bits per heavy atom. The standard InChI is InChI=1S/C9H8BrNOS/c10-6-4-13-9-5(3-12)1-2-7(11)8(6)9/h1-2,4,12H,3,11H2. The average molecular weight is 258 g/mol. The Balaban J connectivity index is 2.87. The predicted octanol–water partition coefficient (Wildman–Crippen LogP) is 2.74. The summed E-state index contributed by atoms with van der Waals surface area (Å²) in [6, 6.07) is 3.69. The number of nitrogens with two attached hydrogens (primary N) is 1.